The van der Waals surface area contributed by atoms with Crippen LogP contribution in [0.2, 0.25) is 0 Å². The van der Waals surface area contributed by atoms with Crippen LogP contribution in [0.4, 0.5) is 11.4 Å². The summed E-state index contributed by atoms with van der Waals surface area (Å²) in [6.45, 7) is 1.89. The first-order chi connectivity index (χ1) is 12.7. The largest absolute Gasteiger partial charge is 0.481 e. The molecule has 0 heterocycles. The molecule has 2 rings (SSSR count). The van der Waals surface area contributed by atoms with Crippen molar-refractivity contribution in [3.8, 4) is 0 Å². The molecule has 6 N–H and O–H groups in total. The Morgan fingerprint density at radius 1 is 1.19 bits per heavy atom. The summed E-state index contributed by atoms with van der Waals surface area (Å²) in [6.07, 6.45) is 0.607. The lowest BCUT2D eigenvalue weighted by Crippen LogP contribution is -2.22. The molecule has 0 aliphatic heterocycles. The van der Waals surface area contributed by atoms with Crippen molar-refractivity contribution in [2.24, 2.45) is 16.5 Å². The lowest BCUT2D eigenvalue weighted by atomic mass is 9.93. The predicted molar refractivity (Wildman–Crippen MR) is 104 cm³/mol. The van der Waals surface area contributed by atoms with E-state index in [1.165, 1.54) is 18.2 Å². The van der Waals surface area contributed by atoms with Gasteiger partial charge in [0.2, 0.25) is 0 Å². The molecule has 0 aliphatic carbocycles. The van der Waals surface area contributed by atoms with E-state index in [1.54, 1.807) is 30.3 Å². The third-order valence-electron chi connectivity index (χ3n) is 3.91. The molecule has 0 aromatic heterocycles. The third kappa shape index (κ3) is 5.71. The fraction of sp³-hybridized carbons (Fsp3) is 0.222. The maximum atomic E-state index is 12.7. The molecule has 9 heteroatoms. The third-order valence-corrected chi connectivity index (χ3v) is 5.29. The number of nitrogens with zero attached hydrogens (tertiary/aromatic N) is 1. The molecule has 0 fully saturated rings. The van der Waals surface area contributed by atoms with Gasteiger partial charge in [0.05, 0.1) is 17.0 Å². The molecule has 2 aromatic rings. The number of sulfonamides is 1. The van der Waals surface area contributed by atoms with Gasteiger partial charge in [-0.1, -0.05) is 25.1 Å². The fourth-order valence-electron chi connectivity index (χ4n) is 2.65. The van der Waals surface area contributed by atoms with Crippen molar-refractivity contribution in [2.75, 3.05) is 4.72 Å². The molecule has 0 spiro atoms. The van der Waals surface area contributed by atoms with Crippen molar-refractivity contribution in [3.63, 3.8) is 0 Å². The number of rotatable bonds is 8. The first-order valence-corrected chi connectivity index (χ1v) is 9.74. The number of aliphatic carboxylic acids is 1. The Hall–Kier alpha value is -3.07. The number of guanidine groups is 1. The Labute approximate surface area is 158 Å². The Morgan fingerprint density at radius 3 is 2.52 bits per heavy atom. The minimum atomic E-state index is -3.86. The molecule has 144 valence electrons. The summed E-state index contributed by atoms with van der Waals surface area (Å²) in [5, 5.41) is 9.03. The summed E-state index contributed by atoms with van der Waals surface area (Å²) in [5.41, 5.74) is 12.1. The zero-order chi connectivity index (χ0) is 20.0. The van der Waals surface area contributed by atoms with E-state index in [9.17, 15) is 13.2 Å². The SMILES string of the molecule is CCC(CC(=O)O)c1cccc(NS(=O)(=O)c2cccc(N=C(N)N)c2)c1. The summed E-state index contributed by atoms with van der Waals surface area (Å²) >= 11 is 0. The number of hydrogen-bond acceptors (Lipinski definition) is 4. The number of carboxylic acids is 1. The van der Waals surface area contributed by atoms with Gasteiger partial charge in [0.15, 0.2) is 5.96 Å². The smallest absolute Gasteiger partial charge is 0.303 e. The number of carboxylic acid groups (broad SMARTS) is 1. The first-order valence-electron chi connectivity index (χ1n) is 8.25. The van der Waals surface area contributed by atoms with Crippen molar-refractivity contribution < 1.29 is 18.3 Å². The number of anilines is 1. The zero-order valence-electron chi connectivity index (χ0n) is 14.8. The molecule has 27 heavy (non-hydrogen) atoms. The molecule has 8 nitrogen and oxygen atoms in total. The summed E-state index contributed by atoms with van der Waals surface area (Å²) in [7, 11) is -3.86. The number of carbonyl (C=O) groups is 1. The highest BCUT2D eigenvalue weighted by Crippen LogP contribution is 2.27. The molecular formula is C18H22N4O4S. The summed E-state index contributed by atoms with van der Waals surface area (Å²) in [5.74, 6) is -1.27. The van der Waals surface area contributed by atoms with Crippen LogP contribution in [0.5, 0.6) is 0 Å². The average Bonchev–Trinajstić information content (AvgIpc) is 2.59. The second-order valence-corrected chi connectivity index (χ2v) is 7.65. The normalized spacial score (nSPS) is 12.2. The van der Waals surface area contributed by atoms with Gasteiger partial charge < -0.3 is 16.6 Å². The van der Waals surface area contributed by atoms with Crippen LogP contribution in [0.1, 0.15) is 31.2 Å². The van der Waals surface area contributed by atoms with E-state index >= 15 is 0 Å². The van der Waals surface area contributed by atoms with E-state index in [0.29, 0.717) is 17.8 Å². The van der Waals surface area contributed by atoms with Crippen molar-refractivity contribution in [2.45, 2.75) is 30.6 Å². The van der Waals surface area contributed by atoms with E-state index in [2.05, 4.69) is 9.71 Å². The van der Waals surface area contributed by atoms with Crippen LogP contribution in [-0.4, -0.2) is 25.5 Å². The highest BCUT2D eigenvalue weighted by Gasteiger charge is 2.17. The molecule has 2 aromatic carbocycles. The van der Waals surface area contributed by atoms with Crippen molar-refractivity contribution in [3.05, 3.63) is 54.1 Å². The van der Waals surface area contributed by atoms with E-state index < -0.39 is 16.0 Å². The van der Waals surface area contributed by atoms with Crippen LogP contribution in [-0.2, 0) is 14.8 Å². The predicted octanol–water partition coefficient (Wildman–Crippen LogP) is 2.36. The summed E-state index contributed by atoms with van der Waals surface area (Å²) in [4.78, 5) is 14.9. The molecular weight excluding hydrogens is 368 g/mol. The monoisotopic (exact) mass is 390 g/mol. The number of hydrogen-bond donors (Lipinski definition) is 4. The second-order valence-electron chi connectivity index (χ2n) is 5.97. The number of nitrogens with two attached hydrogens (primary N) is 2. The molecule has 0 saturated heterocycles. The second kappa shape index (κ2) is 8.54. The van der Waals surface area contributed by atoms with Gasteiger partial charge in [0.25, 0.3) is 10.0 Å². The molecule has 0 aliphatic rings. The van der Waals surface area contributed by atoms with Gasteiger partial charge in [-0.25, -0.2) is 13.4 Å². The van der Waals surface area contributed by atoms with Crippen LogP contribution >= 0.6 is 0 Å². The number of aliphatic imine (C=N–C) groups is 1. The Morgan fingerprint density at radius 2 is 1.89 bits per heavy atom. The van der Waals surface area contributed by atoms with Crippen LogP contribution < -0.4 is 16.2 Å². The van der Waals surface area contributed by atoms with Gasteiger partial charge in [-0.3, -0.25) is 9.52 Å². The summed E-state index contributed by atoms with van der Waals surface area (Å²) in [6, 6.07) is 12.6. The first kappa shape index (κ1) is 20.2. The topological polar surface area (TPSA) is 148 Å². The molecule has 0 radical (unpaired) electrons. The van der Waals surface area contributed by atoms with Crippen LogP contribution in [0, 0.1) is 0 Å². The Bertz CT molecular complexity index is 953. The highest BCUT2D eigenvalue weighted by atomic mass is 32.2. The Balaban J connectivity index is 2.29. The molecule has 0 saturated carbocycles. The lowest BCUT2D eigenvalue weighted by molar-refractivity contribution is -0.137. The molecule has 1 unspecified atom stereocenters. The maximum Gasteiger partial charge on any atom is 0.303 e. The maximum absolute atomic E-state index is 12.7. The van der Waals surface area contributed by atoms with Crippen molar-refractivity contribution >= 4 is 33.3 Å². The minimum Gasteiger partial charge on any atom is -0.481 e. The molecule has 1 atom stereocenters. The summed E-state index contributed by atoms with van der Waals surface area (Å²) < 4.78 is 27.8. The van der Waals surface area contributed by atoms with Crippen LogP contribution in [0.15, 0.2) is 58.4 Å². The van der Waals surface area contributed by atoms with E-state index in [-0.39, 0.29) is 23.2 Å². The van der Waals surface area contributed by atoms with Crippen molar-refractivity contribution in [1.82, 2.24) is 0 Å². The number of nitrogens with one attached hydrogen (secondary N) is 1. The van der Waals surface area contributed by atoms with E-state index in [1.807, 2.05) is 6.92 Å². The van der Waals surface area contributed by atoms with E-state index in [4.69, 9.17) is 16.6 Å². The fourth-order valence-corrected chi connectivity index (χ4v) is 3.74. The average molecular weight is 390 g/mol. The van der Waals surface area contributed by atoms with E-state index in [0.717, 1.165) is 5.56 Å². The van der Waals surface area contributed by atoms with Gasteiger partial charge >= 0.3 is 5.97 Å². The van der Waals surface area contributed by atoms with Gasteiger partial charge in [-0.15, -0.1) is 0 Å². The quantitative estimate of drug-likeness (QED) is 0.402. The van der Waals surface area contributed by atoms with Gasteiger partial charge in [0.1, 0.15) is 0 Å². The van der Waals surface area contributed by atoms with Crippen LogP contribution in [0.3, 0.4) is 0 Å². The zero-order valence-corrected chi connectivity index (χ0v) is 15.6. The van der Waals surface area contributed by atoms with Gasteiger partial charge in [-0.2, -0.15) is 0 Å². The van der Waals surface area contributed by atoms with Crippen molar-refractivity contribution in [1.29, 1.82) is 0 Å². The lowest BCUT2D eigenvalue weighted by Gasteiger charge is -2.15. The minimum absolute atomic E-state index is 0.00739. The standard InChI is InChI=1S/C18H22N4O4S/c1-2-12(10-17(23)24)13-5-3-7-15(9-13)22-27(25,26)16-8-4-6-14(11-16)21-18(19)20/h3-9,11-12,22H,2,10H2,1H3,(H,23,24)(H4,19,20,21). The Kier molecular flexibility index (Phi) is 6.40. The highest BCUT2D eigenvalue weighted by molar-refractivity contribution is 7.92. The molecule has 0 amide bonds. The van der Waals surface area contributed by atoms with Gasteiger partial charge in [-0.05, 0) is 48.2 Å². The number of benzene rings is 2. The molecule has 0 bridgehead atoms. The van der Waals surface area contributed by atoms with Gasteiger partial charge in [0, 0.05) is 5.69 Å². The van der Waals surface area contributed by atoms with Crippen LogP contribution in [0.25, 0.3) is 0 Å².